The van der Waals surface area contributed by atoms with Crippen molar-refractivity contribution in [3.05, 3.63) is 58.9 Å². The quantitative estimate of drug-likeness (QED) is 0.362. The number of halogens is 2. The lowest BCUT2D eigenvalue weighted by Crippen LogP contribution is -2.43. The van der Waals surface area contributed by atoms with Gasteiger partial charge in [0.25, 0.3) is 10.0 Å². The molecule has 0 aliphatic rings. The second-order valence-electron chi connectivity index (χ2n) is 8.85. The summed E-state index contributed by atoms with van der Waals surface area (Å²) in [6.45, 7) is 12.6. The van der Waals surface area contributed by atoms with Crippen LogP contribution >= 0.6 is 11.6 Å². The Balaban J connectivity index is 0.00000316. The zero-order valence-corrected chi connectivity index (χ0v) is 23.7. The Labute approximate surface area is 220 Å². The number of hydrogen-bond donors (Lipinski definition) is 1. The summed E-state index contributed by atoms with van der Waals surface area (Å²) in [6, 6.07) is 8.80. The minimum Gasteiger partial charge on any atom is -0.346 e. The summed E-state index contributed by atoms with van der Waals surface area (Å²) in [5.74, 6) is -1.10. The number of amides is 1. The summed E-state index contributed by atoms with van der Waals surface area (Å²) < 4.78 is 43.0. The van der Waals surface area contributed by atoms with E-state index in [1.165, 1.54) is 43.3 Å². The third-order valence-corrected chi connectivity index (χ3v) is 7.75. The zero-order valence-electron chi connectivity index (χ0n) is 22.1. The van der Waals surface area contributed by atoms with E-state index in [4.69, 9.17) is 11.6 Å². The molecule has 0 fully saturated rings. The molecule has 0 saturated heterocycles. The molecule has 0 bridgehead atoms. The highest BCUT2D eigenvalue weighted by molar-refractivity contribution is 7.92. The van der Waals surface area contributed by atoms with Crippen LogP contribution in [0.25, 0.3) is 0 Å². The number of sulfonamides is 1. The van der Waals surface area contributed by atoms with Gasteiger partial charge in [0.1, 0.15) is 5.82 Å². The average molecular weight is 541 g/mol. The Kier molecular flexibility index (Phi) is 12.6. The minimum atomic E-state index is -4.11. The Bertz CT molecular complexity index is 1120. The van der Waals surface area contributed by atoms with Crippen LogP contribution in [0.2, 0.25) is 5.02 Å². The molecule has 1 N–H and O–H groups in total. The van der Waals surface area contributed by atoms with E-state index in [2.05, 4.69) is 5.32 Å². The number of hydrogen-bond acceptors (Lipinski definition) is 4. The Morgan fingerprint density at radius 1 is 1.06 bits per heavy atom. The van der Waals surface area contributed by atoms with Crippen LogP contribution in [0.4, 0.5) is 10.1 Å². The van der Waals surface area contributed by atoms with E-state index in [0.29, 0.717) is 23.4 Å². The number of benzene rings is 2. The van der Waals surface area contributed by atoms with Gasteiger partial charge in [0.2, 0.25) is 5.91 Å². The Morgan fingerprint density at radius 3 is 2.17 bits per heavy atom. The largest absolute Gasteiger partial charge is 0.346 e. The topological polar surface area (TPSA) is 83.6 Å². The maximum Gasteiger partial charge on any atom is 0.264 e. The first-order chi connectivity index (χ1) is 16.8. The number of carbonyl (C=O) groups excluding carboxylic acids is 2. The van der Waals surface area contributed by atoms with Gasteiger partial charge in [-0.05, 0) is 81.5 Å². The van der Waals surface area contributed by atoms with Crippen LogP contribution in [0.15, 0.2) is 47.4 Å². The number of nitrogens with zero attached hydrogens (tertiary/aromatic N) is 1. The van der Waals surface area contributed by atoms with Crippen LogP contribution in [0, 0.1) is 18.7 Å². The fraction of sp³-hybridized carbons (Fsp3) is 0.481. The van der Waals surface area contributed by atoms with Gasteiger partial charge in [0.15, 0.2) is 5.78 Å². The van der Waals surface area contributed by atoms with Crippen molar-refractivity contribution >= 4 is 39.0 Å². The number of anilines is 1. The number of ketones is 1. The third-order valence-electron chi connectivity index (χ3n) is 5.56. The second-order valence-corrected chi connectivity index (χ2v) is 11.1. The SMILES string of the molecule is CC.CC(=O)C(NC(=O)CCC[C@@H](C)N(c1cc(C)ccc1F)S(=O)(=O)c1ccc(Cl)cc1)C(C)C. The lowest BCUT2D eigenvalue weighted by Gasteiger charge is -2.31. The molecular formula is C27H38ClFN2O4S. The molecule has 0 aliphatic carbocycles. The Morgan fingerprint density at radius 2 is 1.64 bits per heavy atom. The highest BCUT2D eigenvalue weighted by atomic mass is 35.5. The molecule has 0 heterocycles. The normalized spacial score (nSPS) is 12.8. The molecule has 6 nitrogen and oxygen atoms in total. The van der Waals surface area contributed by atoms with E-state index in [0.717, 1.165) is 4.31 Å². The van der Waals surface area contributed by atoms with Crippen molar-refractivity contribution in [2.24, 2.45) is 5.92 Å². The zero-order chi connectivity index (χ0) is 27.6. The first-order valence-electron chi connectivity index (χ1n) is 12.2. The first kappa shape index (κ1) is 31.6. The van der Waals surface area contributed by atoms with E-state index in [1.54, 1.807) is 19.9 Å². The van der Waals surface area contributed by atoms with Crippen molar-refractivity contribution in [1.82, 2.24) is 5.32 Å². The van der Waals surface area contributed by atoms with Crippen LogP contribution in [0.3, 0.4) is 0 Å². The molecular weight excluding hydrogens is 503 g/mol. The van der Waals surface area contributed by atoms with Gasteiger partial charge in [0.05, 0.1) is 16.6 Å². The highest BCUT2D eigenvalue weighted by Gasteiger charge is 2.31. The molecule has 1 unspecified atom stereocenters. The molecule has 1 amide bonds. The summed E-state index contributed by atoms with van der Waals surface area (Å²) in [4.78, 5) is 24.1. The van der Waals surface area contributed by atoms with Crippen molar-refractivity contribution in [1.29, 1.82) is 0 Å². The molecule has 0 radical (unpaired) electrons. The lowest BCUT2D eigenvalue weighted by molar-refractivity contribution is -0.127. The molecule has 2 atom stereocenters. The van der Waals surface area contributed by atoms with Crippen molar-refractivity contribution in [2.45, 2.75) is 84.7 Å². The summed E-state index contributed by atoms with van der Waals surface area (Å²) in [7, 11) is -4.11. The van der Waals surface area contributed by atoms with Gasteiger partial charge in [-0.1, -0.05) is 45.4 Å². The van der Waals surface area contributed by atoms with Gasteiger partial charge < -0.3 is 5.32 Å². The molecule has 9 heteroatoms. The third kappa shape index (κ3) is 8.59. The predicted octanol–water partition coefficient (Wildman–Crippen LogP) is 6.30. The van der Waals surface area contributed by atoms with Gasteiger partial charge in [-0.25, -0.2) is 12.8 Å². The van der Waals surface area contributed by atoms with Crippen LogP contribution < -0.4 is 9.62 Å². The smallest absolute Gasteiger partial charge is 0.264 e. The van der Waals surface area contributed by atoms with Gasteiger partial charge in [0, 0.05) is 17.5 Å². The Hall–Kier alpha value is -2.45. The first-order valence-corrected chi connectivity index (χ1v) is 14.0. The highest BCUT2D eigenvalue weighted by Crippen LogP contribution is 2.31. The number of carbonyl (C=O) groups is 2. The summed E-state index contributed by atoms with van der Waals surface area (Å²) in [6.07, 6.45) is 0.780. The van der Waals surface area contributed by atoms with Gasteiger partial charge in [-0.2, -0.15) is 0 Å². The van der Waals surface area contributed by atoms with Crippen LogP contribution in [-0.2, 0) is 19.6 Å². The van der Waals surface area contributed by atoms with Gasteiger partial charge >= 0.3 is 0 Å². The summed E-state index contributed by atoms with van der Waals surface area (Å²) >= 11 is 5.91. The molecule has 0 aliphatic heterocycles. The number of Topliss-reactive ketones (excluding diaryl/α,β-unsaturated/α-hetero) is 1. The molecule has 0 spiro atoms. The van der Waals surface area contributed by atoms with E-state index < -0.39 is 27.9 Å². The van der Waals surface area contributed by atoms with Gasteiger partial charge in [-0.3, -0.25) is 13.9 Å². The van der Waals surface area contributed by atoms with Crippen LogP contribution in [-0.4, -0.2) is 32.2 Å². The minimum absolute atomic E-state index is 0.0105. The van der Waals surface area contributed by atoms with E-state index >= 15 is 0 Å². The monoisotopic (exact) mass is 540 g/mol. The molecule has 2 aromatic carbocycles. The maximum atomic E-state index is 14.8. The fourth-order valence-electron chi connectivity index (χ4n) is 3.77. The fourth-order valence-corrected chi connectivity index (χ4v) is 5.59. The summed E-state index contributed by atoms with van der Waals surface area (Å²) in [5.41, 5.74) is 0.659. The second kappa shape index (κ2) is 14.3. The predicted molar refractivity (Wildman–Crippen MR) is 144 cm³/mol. The van der Waals surface area contributed by atoms with Crippen molar-refractivity contribution in [2.75, 3.05) is 4.31 Å². The lowest BCUT2D eigenvalue weighted by atomic mass is 10.0. The number of rotatable bonds is 11. The molecule has 200 valence electrons. The van der Waals surface area contributed by atoms with Crippen LogP contribution in [0.5, 0.6) is 0 Å². The van der Waals surface area contributed by atoms with E-state index in [9.17, 15) is 22.4 Å². The maximum absolute atomic E-state index is 14.8. The van der Waals surface area contributed by atoms with Crippen molar-refractivity contribution < 1.29 is 22.4 Å². The average Bonchev–Trinajstić information content (AvgIpc) is 2.81. The van der Waals surface area contributed by atoms with Crippen molar-refractivity contribution in [3.63, 3.8) is 0 Å². The summed E-state index contributed by atoms with van der Waals surface area (Å²) in [5, 5.41) is 3.12. The molecule has 0 saturated carbocycles. The standard InChI is InChI=1S/C25H32ClFN2O4S.C2H6/c1-16(2)25(19(5)30)28-24(31)8-6-7-18(4)29(23-15-17(3)9-14-22(23)27)34(32,33)21-12-10-20(26)11-13-21;1-2/h9-16,18,25H,6-8H2,1-5H3,(H,28,31);1-2H3/t18-,25?;/m1./s1. The van der Waals surface area contributed by atoms with Gasteiger partial charge in [-0.15, -0.1) is 0 Å². The molecule has 36 heavy (non-hydrogen) atoms. The van der Waals surface area contributed by atoms with E-state index in [-0.39, 0.29) is 34.6 Å². The van der Waals surface area contributed by atoms with Crippen LogP contribution in [0.1, 0.15) is 66.4 Å². The molecule has 2 rings (SSSR count). The number of aryl methyl sites for hydroxylation is 1. The number of nitrogens with one attached hydrogen (secondary N) is 1. The van der Waals surface area contributed by atoms with E-state index in [1.807, 2.05) is 27.7 Å². The van der Waals surface area contributed by atoms with Crippen molar-refractivity contribution in [3.8, 4) is 0 Å². The molecule has 0 aromatic heterocycles. The molecule has 2 aromatic rings.